The Morgan fingerprint density at radius 2 is 1.70 bits per heavy atom. The average Bonchev–Trinajstić information content (AvgIpc) is 3.31. The standard InChI is InChI=1S/C21H18ClN3O5/c1-28-18-12-16(25-6-2-3-7-25)15(22)11-14(18)21(27)24-23-20(26)13-4-5-17-19(10-13)30-9-8-29-17/h2-7,10-12H,8-9H2,1H3,(H,23,26)(H,24,27). The van der Waals surface area contributed by atoms with E-state index in [1.54, 1.807) is 28.8 Å². The fraction of sp³-hybridized carbons (Fsp3) is 0.143. The highest BCUT2D eigenvalue weighted by atomic mass is 35.5. The molecule has 2 heterocycles. The molecule has 0 radical (unpaired) electrons. The molecule has 0 saturated carbocycles. The molecule has 9 heteroatoms. The van der Waals surface area contributed by atoms with E-state index in [0.29, 0.717) is 46.7 Å². The lowest BCUT2D eigenvalue weighted by atomic mass is 10.1. The van der Waals surface area contributed by atoms with Crippen molar-refractivity contribution < 1.29 is 23.8 Å². The Kier molecular flexibility index (Phi) is 5.49. The topological polar surface area (TPSA) is 90.8 Å². The Morgan fingerprint density at radius 1 is 1.00 bits per heavy atom. The van der Waals surface area contributed by atoms with Crippen LogP contribution in [0.4, 0.5) is 0 Å². The molecule has 0 spiro atoms. The average molecular weight is 428 g/mol. The first kappa shape index (κ1) is 19.7. The van der Waals surface area contributed by atoms with E-state index in [1.165, 1.54) is 13.2 Å². The predicted octanol–water partition coefficient (Wildman–Crippen LogP) is 2.99. The number of hydrogen-bond donors (Lipinski definition) is 2. The van der Waals surface area contributed by atoms with E-state index in [2.05, 4.69) is 10.9 Å². The van der Waals surface area contributed by atoms with E-state index < -0.39 is 11.8 Å². The van der Waals surface area contributed by atoms with Gasteiger partial charge in [-0.1, -0.05) is 11.6 Å². The first-order chi connectivity index (χ1) is 14.6. The summed E-state index contributed by atoms with van der Waals surface area (Å²) in [5, 5.41) is 0.357. The SMILES string of the molecule is COc1cc(-n2cccc2)c(Cl)cc1C(=O)NNC(=O)c1ccc2c(c1)OCCO2. The molecule has 0 unspecified atom stereocenters. The van der Waals surface area contributed by atoms with Crippen LogP contribution < -0.4 is 25.1 Å². The number of amides is 2. The van der Waals surface area contributed by atoms with Gasteiger partial charge in [-0.15, -0.1) is 0 Å². The molecule has 0 fully saturated rings. The molecule has 2 aromatic carbocycles. The van der Waals surface area contributed by atoms with Crippen molar-refractivity contribution in [3.8, 4) is 22.9 Å². The number of hydrazine groups is 1. The van der Waals surface area contributed by atoms with Gasteiger partial charge < -0.3 is 18.8 Å². The van der Waals surface area contributed by atoms with Crippen LogP contribution in [-0.4, -0.2) is 36.7 Å². The van der Waals surface area contributed by atoms with Gasteiger partial charge in [-0.05, 0) is 36.4 Å². The molecular formula is C21H18ClN3O5. The molecule has 0 bridgehead atoms. The summed E-state index contributed by atoms with van der Waals surface area (Å²) in [6.07, 6.45) is 3.65. The highest BCUT2D eigenvalue weighted by Gasteiger charge is 2.19. The van der Waals surface area contributed by atoms with Gasteiger partial charge in [0.05, 0.1) is 23.4 Å². The summed E-state index contributed by atoms with van der Waals surface area (Å²) < 4.78 is 18.0. The van der Waals surface area contributed by atoms with Crippen LogP contribution in [-0.2, 0) is 0 Å². The highest BCUT2D eigenvalue weighted by Crippen LogP contribution is 2.31. The predicted molar refractivity (Wildman–Crippen MR) is 110 cm³/mol. The number of carbonyl (C=O) groups is 2. The van der Waals surface area contributed by atoms with Gasteiger partial charge in [0, 0.05) is 24.0 Å². The number of benzene rings is 2. The van der Waals surface area contributed by atoms with Crippen molar-refractivity contribution in [2.45, 2.75) is 0 Å². The Bertz CT molecular complexity index is 1100. The number of halogens is 1. The summed E-state index contributed by atoms with van der Waals surface area (Å²) in [5.41, 5.74) is 5.91. The van der Waals surface area contributed by atoms with Crippen molar-refractivity contribution in [1.29, 1.82) is 0 Å². The number of nitrogens with one attached hydrogen (secondary N) is 2. The third-order valence-corrected chi connectivity index (χ3v) is 4.79. The summed E-state index contributed by atoms with van der Waals surface area (Å²) in [5.74, 6) is 0.292. The van der Waals surface area contributed by atoms with E-state index in [9.17, 15) is 9.59 Å². The summed E-state index contributed by atoms with van der Waals surface area (Å²) in [6.45, 7) is 0.872. The number of nitrogens with zero attached hydrogens (tertiary/aromatic N) is 1. The largest absolute Gasteiger partial charge is 0.496 e. The zero-order chi connectivity index (χ0) is 21.1. The van der Waals surface area contributed by atoms with Crippen molar-refractivity contribution in [1.82, 2.24) is 15.4 Å². The van der Waals surface area contributed by atoms with E-state index in [0.717, 1.165) is 0 Å². The van der Waals surface area contributed by atoms with Crippen LogP contribution in [0, 0.1) is 0 Å². The number of fused-ring (bicyclic) bond motifs is 1. The molecule has 0 saturated heterocycles. The van der Waals surface area contributed by atoms with E-state index in [-0.39, 0.29) is 5.56 Å². The monoisotopic (exact) mass is 427 g/mol. The molecule has 0 atom stereocenters. The molecule has 8 nitrogen and oxygen atoms in total. The van der Waals surface area contributed by atoms with Gasteiger partial charge in [0.1, 0.15) is 19.0 Å². The summed E-state index contributed by atoms with van der Waals surface area (Å²) in [6, 6.07) is 11.6. The quantitative estimate of drug-likeness (QED) is 0.625. The van der Waals surface area contributed by atoms with Crippen molar-refractivity contribution in [2.75, 3.05) is 20.3 Å². The van der Waals surface area contributed by atoms with Crippen molar-refractivity contribution in [3.63, 3.8) is 0 Å². The molecular weight excluding hydrogens is 410 g/mol. The molecule has 2 amide bonds. The van der Waals surface area contributed by atoms with E-state index >= 15 is 0 Å². The van der Waals surface area contributed by atoms with Gasteiger partial charge in [-0.2, -0.15) is 0 Å². The number of methoxy groups -OCH3 is 1. The van der Waals surface area contributed by atoms with Gasteiger partial charge in [-0.25, -0.2) is 0 Å². The molecule has 2 N–H and O–H groups in total. The van der Waals surface area contributed by atoms with Crippen LogP contribution in [0.2, 0.25) is 5.02 Å². The molecule has 4 rings (SSSR count). The number of carbonyl (C=O) groups excluding carboxylic acids is 2. The lowest BCUT2D eigenvalue weighted by Crippen LogP contribution is -2.41. The van der Waals surface area contributed by atoms with Gasteiger partial charge in [0.25, 0.3) is 11.8 Å². The Morgan fingerprint density at radius 3 is 2.43 bits per heavy atom. The smallest absolute Gasteiger partial charge is 0.273 e. The minimum atomic E-state index is -0.571. The molecule has 1 aliphatic heterocycles. The third-order valence-electron chi connectivity index (χ3n) is 4.49. The first-order valence-corrected chi connectivity index (χ1v) is 9.46. The third kappa shape index (κ3) is 3.90. The number of hydrogen-bond acceptors (Lipinski definition) is 5. The second kappa shape index (κ2) is 8.38. The van der Waals surface area contributed by atoms with Crippen molar-refractivity contribution in [2.24, 2.45) is 0 Å². The maximum Gasteiger partial charge on any atom is 0.273 e. The van der Waals surface area contributed by atoms with Gasteiger partial charge in [0.15, 0.2) is 11.5 Å². The van der Waals surface area contributed by atoms with Crippen LogP contribution in [0.25, 0.3) is 5.69 Å². The van der Waals surface area contributed by atoms with Crippen LogP contribution in [0.3, 0.4) is 0 Å². The molecule has 1 aliphatic rings. The zero-order valence-electron chi connectivity index (χ0n) is 16.0. The van der Waals surface area contributed by atoms with Gasteiger partial charge in [-0.3, -0.25) is 20.4 Å². The fourth-order valence-electron chi connectivity index (χ4n) is 3.02. The second-order valence-electron chi connectivity index (χ2n) is 6.36. The van der Waals surface area contributed by atoms with Crippen molar-refractivity contribution in [3.05, 3.63) is 71.0 Å². The zero-order valence-corrected chi connectivity index (χ0v) is 16.7. The molecule has 3 aromatic rings. The summed E-state index contributed by atoms with van der Waals surface area (Å²) in [4.78, 5) is 25.0. The van der Waals surface area contributed by atoms with E-state index in [4.69, 9.17) is 25.8 Å². The Hall–Kier alpha value is -3.65. The molecule has 1 aromatic heterocycles. The number of rotatable bonds is 4. The highest BCUT2D eigenvalue weighted by molar-refractivity contribution is 6.33. The normalized spacial score (nSPS) is 12.2. The fourth-order valence-corrected chi connectivity index (χ4v) is 3.28. The minimum absolute atomic E-state index is 0.181. The summed E-state index contributed by atoms with van der Waals surface area (Å²) in [7, 11) is 1.45. The molecule has 154 valence electrons. The van der Waals surface area contributed by atoms with Gasteiger partial charge in [0.2, 0.25) is 0 Å². The first-order valence-electron chi connectivity index (χ1n) is 9.08. The Labute approximate surface area is 177 Å². The van der Waals surface area contributed by atoms with Gasteiger partial charge >= 0.3 is 0 Å². The van der Waals surface area contributed by atoms with Crippen LogP contribution >= 0.6 is 11.6 Å². The lowest BCUT2D eigenvalue weighted by Gasteiger charge is -2.18. The Balaban J connectivity index is 1.48. The number of ether oxygens (including phenoxy) is 3. The number of aromatic nitrogens is 1. The maximum atomic E-state index is 12.6. The molecule has 30 heavy (non-hydrogen) atoms. The summed E-state index contributed by atoms with van der Waals surface area (Å²) >= 11 is 6.35. The minimum Gasteiger partial charge on any atom is -0.496 e. The lowest BCUT2D eigenvalue weighted by molar-refractivity contribution is 0.0844. The van der Waals surface area contributed by atoms with Crippen LogP contribution in [0.5, 0.6) is 17.2 Å². The second-order valence-corrected chi connectivity index (χ2v) is 6.77. The molecule has 0 aliphatic carbocycles. The maximum absolute atomic E-state index is 12.6. The van der Waals surface area contributed by atoms with Crippen molar-refractivity contribution >= 4 is 23.4 Å². The van der Waals surface area contributed by atoms with Crippen LogP contribution in [0.15, 0.2) is 54.9 Å². The van der Waals surface area contributed by atoms with Crippen LogP contribution in [0.1, 0.15) is 20.7 Å². The van der Waals surface area contributed by atoms with E-state index in [1.807, 2.05) is 24.5 Å².